The largest absolute Gasteiger partial charge is 0.487 e. The SMILES string of the molecule is C[C@@H]1CC(=O)Nc2cc(F)c(OC(F)F)c(c2)CN(C)C(=O)[C@H](Nc2ccc(C(=N)N)cc2)c2ccc(OCC(F)F)c1c2. The van der Waals surface area contributed by atoms with E-state index in [9.17, 15) is 31.5 Å². The highest BCUT2D eigenvalue weighted by atomic mass is 19.3. The first-order chi connectivity index (χ1) is 20.8. The number of amidine groups is 1. The van der Waals surface area contributed by atoms with Crippen LogP contribution in [0, 0.1) is 11.2 Å². The lowest BCUT2D eigenvalue weighted by molar-refractivity contribution is -0.131. The molecule has 3 aromatic rings. The summed E-state index contributed by atoms with van der Waals surface area (Å²) in [4.78, 5) is 28.1. The van der Waals surface area contributed by atoms with Gasteiger partial charge >= 0.3 is 6.61 Å². The summed E-state index contributed by atoms with van der Waals surface area (Å²) in [6.07, 6.45) is -2.96. The standard InChI is InChI=1S/C30H30F5N5O4/c1-15-9-25(41)38-20-10-18(27(22(31)12-20)44-30(34)35)13-40(2)29(42)26(39-19-6-3-16(4-7-19)28(36)37)17-5-8-23(21(15)11-17)43-14-24(32)33/h3-8,10-12,15,24,26,30,39H,9,13-14H2,1-2H3,(H3,36,37)(H,38,41)/t15-,26-/m1/s1. The van der Waals surface area contributed by atoms with Crippen molar-refractivity contribution in [2.75, 3.05) is 24.3 Å². The van der Waals surface area contributed by atoms with Crippen molar-refractivity contribution in [2.45, 2.75) is 44.9 Å². The predicted octanol–water partition coefficient (Wildman–Crippen LogP) is 5.61. The second-order valence-corrected chi connectivity index (χ2v) is 10.2. The molecular weight excluding hydrogens is 589 g/mol. The molecule has 3 aromatic carbocycles. The van der Waals surface area contributed by atoms with Crippen molar-refractivity contribution >= 4 is 29.0 Å². The number of nitrogens with two attached hydrogens (primary N) is 1. The van der Waals surface area contributed by atoms with Gasteiger partial charge in [0.2, 0.25) is 11.8 Å². The van der Waals surface area contributed by atoms with Crippen LogP contribution >= 0.6 is 0 Å². The molecule has 0 aromatic heterocycles. The smallest absolute Gasteiger partial charge is 0.387 e. The molecule has 9 nitrogen and oxygen atoms in total. The third-order valence-electron chi connectivity index (χ3n) is 6.90. The summed E-state index contributed by atoms with van der Waals surface area (Å²) in [6, 6.07) is 11.7. The minimum Gasteiger partial charge on any atom is -0.487 e. The van der Waals surface area contributed by atoms with E-state index in [1.54, 1.807) is 37.3 Å². The van der Waals surface area contributed by atoms with Gasteiger partial charge in [0.25, 0.3) is 6.43 Å². The van der Waals surface area contributed by atoms with Crippen LogP contribution < -0.4 is 25.8 Å². The molecule has 2 amide bonds. The Morgan fingerprint density at radius 3 is 2.45 bits per heavy atom. The molecular formula is C30H30F5N5O4. The molecule has 4 rings (SSSR count). The van der Waals surface area contributed by atoms with Gasteiger partial charge in [-0.05, 0) is 59.5 Å². The first kappa shape index (κ1) is 32.0. The van der Waals surface area contributed by atoms with E-state index in [-0.39, 0.29) is 35.8 Å². The molecule has 1 aliphatic heterocycles. The fourth-order valence-electron chi connectivity index (χ4n) is 4.83. The molecule has 1 aliphatic rings. The van der Waals surface area contributed by atoms with E-state index in [1.807, 2.05) is 0 Å². The van der Waals surface area contributed by atoms with Crippen molar-refractivity contribution in [3.63, 3.8) is 0 Å². The zero-order chi connectivity index (χ0) is 32.1. The number of nitrogens with one attached hydrogen (secondary N) is 3. The Kier molecular flexibility index (Phi) is 9.91. The van der Waals surface area contributed by atoms with Gasteiger partial charge in [-0.15, -0.1) is 0 Å². The summed E-state index contributed by atoms with van der Waals surface area (Å²) in [6.45, 7) is -2.98. The Hall–Kier alpha value is -4.88. The molecule has 44 heavy (non-hydrogen) atoms. The minimum absolute atomic E-state index is 0.0580. The lowest BCUT2D eigenvalue weighted by atomic mass is 9.92. The summed E-state index contributed by atoms with van der Waals surface area (Å²) in [5.41, 5.74) is 6.99. The molecule has 14 heteroatoms. The van der Waals surface area contributed by atoms with Crippen molar-refractivity contribution in [2.24, 2.45) is 5.73 Å². The van der Waals surface area contributed by atoms with Crippen LogP contribution in [0.3, 0.4) is 0 Å². The number of halogens is 5. The number of nitrogens with zero attached hydrogens (tertiary/aromatic N) is 1. The lowest BCUT2D eigenvalue weighted by Crippen LogP contribution is -2.35. The Bertz CT molecular complexity index is 1540. The number of anilines is 2. The van der Waals surface area contributed by atoms with E-state index in [0.29, 0.717) is 22.4 Å². The highest BCUT2D eigenvalue weighted by molar-refractivity contribution is 5.95. The molecule has 0 saturated carbocycles. The highest BCUT2D eigenvalue weighted by Gasteiger charge is 2.29. The van der Waals surface area contributed by atoms with Gasteiger partial charge in [-0.25, -0.2) is 13.2 Å². The van der Waals surface area contributed by atoms with Crippen molar-refractivity contribution in [3.05, 3.63) is 82.7 Å². The number of likely N-dealkylation sites (N-methyl/N-ethyl adjacent to an activating group) is 1. The number of carbonyl (C=O) groups is 2. The topological polar surface area (TPSA) is 130 Å². The number of hydrogen-bond acceptors (Lipinski definition) is 6. The van der Waals surface area contributed by atoms with Gasteiger partial charge in [-0.3, -0.25) is 15.0 Å². The molecule has 5 N–H and O–H groups in total. The zero-order valence-corrected chi connectivity index (χ0v) is 23.7. The summed E-state index contributed by atoms with van der Waals surface area (Å²) >= 11 is 0. The van der Waals surface area contributed by atoms with Crippen LogP contribution in [0.15, 0.2) is 54.6 Å². The van der Waals surface area contributed by atoms with Crippen molar-refractivity contribution in [1.82, 2.24) is 4.90 Å². The van der Waals surface area contributed by atoms with Gasteiger partial charge in [-0.2, -0.15) is 8.78 Å². The van der Waals surface area contributed by atoms with Crippen LogP contribution in [0.4, 0.5) is 33.3 Å². The van der Waals surface area contributed by atoms with Gasteiger partial charge in [-0.1, -0.05) is 13.0 Å². The van der Waals surface area contributed by atoms with E-state index in [0.717, 1.165) is 11.0 Å². The third-order valence-corrected chi connectivity index (χ3v) is 6.90. The zero-order valence-electron chi connectivity index (χ0n) is 23.7. The van der Waals surface area contributed by atoms with Gasteiger partial charge in [0.05, 0.1) is 0 Å². The van der Waals surface area contributed by atoms with E-state index in [4.69, 9.17) is 15.9 Å². The molecule has 4 bridgehead atoms. The Morgan fingerprint density at radius 2 is 1.82 bits per heavy atom. The maximum atomic E-state index is 15.0. The number of hydrogen-bond donors (Lipinski definition) is 4. The monoisotopic (exact) mass is 619 g/mol. The van der Waals surface area contributed by atoms with Gasteiger partial charge in [0, 0.05) is 48.6 Å². The number of ether oxygens (including phenoxy) is 2. The normalized spacial score (nSPS) is 17.2. The molecule has 0 unspecified atom stereocenters. The van der Waals surface area contributed by atoms with Gasteiger partial charge in [0.1, 0.15) is 24.2 Å². The average molecular weight is 620 g/mol. The molecule has 0 aliphatic carbocycles. The van der Waals surface area contributed by atoms with E-state index in [2.05, 4.69) is 15.4 Å². The van der Waals surface area contributed by atoms with Gasteiger partial charge in [0.15, 0.2) is 11.6 Å². The summed E-state index contributed by atoms with van der Waals surface area (Å²) in [5.74, 6) is -3.79. The van der Waals surface area contributed by atoms with E-state index >= 15 is 0 Å². The fraction of sp³-hybridized carbons (Fsp3) is 0.300. The van der Waals surface area contributed by atoms with E-state index in [1.165, 1.54) is 25.2 Å². The maximum Gasteiger partial charge on any atom is 0.387 e. The number of fused-ring (bicyclic) bond motifs is 4. The van der Waals surface area contributed by atoms with Crippen molar-refractivity contribution < 1.29 is 41.0 Å². The van der Waals surface area contributed by atoms with Crippen molar-refractivity contribution in [1.29, 1.82) is 5.41 Å². The number of benzene rings is 3. The second kappa shape index (κ2) is 13.6. The maximum absolute atomic E-state index is 15.0. The molecule has 234 valence electrons. The van der Waals surface area contributed by atoms with Crippen molar-refractivity contribution in [3.8, 4) is 11.5 Å². The average Bonchev–Trinajstić information content (AvgIpc) is 2.95. The Balaban J connectivity index is 1.83. The lowest BCUT2D eigenvalue weighted by Gasteiger charge is -2.28. The number of rotatable bonds is 8. The summed E-state index contributed by atoms with van der Waals surface area (Å²) in [5, 5.41) is 13.2. The fourth-order valence-corrected chi connectivity index (χ4v) is 4.83. The van der Waals surface area contributed by atoms with E-state index < -0.39 is 55.0 Å². The van der Waals surface area contributed by atoms with Crippen LogP contribution in [0.2, 0.25) is 0 Å². The first-order valence-electron chi connectivity index (χ1n) is 13.4. The first-order valence-corrected chi connectivity index (χ1v) is 13.4. The van der Waals surface area contributed by atoms with Crippen LogP contribution in [-0.4, -0.2) is 49.2 Å². The van der Waals surface area contributed by atoms with Crippen LogP contribution in [0.25, 0.3) is 0 Å². The highest BCUT2D eigenvalue weighted by Crippen LogP contribution is 2.36. The summed E-state index contributed by atoms with van der Waals surface area (Å²) < 4.78 is 77.1. The molecule has 0 saturated heterocycles. The Morgan fingerprint density at radius 1 is 1.11 bits per heavy atom. The molecule has 0 fully saturated rings. The van der Waals surface area contributed by atoms with Gasteiger partial charge < -0.3 is 30.7 Å². The molecule has 0 radical (unpaired) electrons. The summed E-state index contributed by atoms with van der Waals surface area (Å²) in [7, 11) is 1.38. The number of nitrogen functional groups attached to an aromatic ring is 1. The molecule has 0 spiro atoms. The minimum atomic E-state index is -3.35. The number of alkyl halides is 4. The third kappa shape index (κ3) is 7.74. The Labute approximate surface area is 249 Å². The molecule has 1 heterocycles. The number of amides is 2. The number of carbonyl (C=O) groups excluding carboxylic acids is 2. The molecule has 2 atom stereocenters. The van der Waals surface area contributed by atoms with Crippen LogP contribution in [0.1, 0.15) is 47.6 Å². The predicted molar refractivity (Wildman–Crippen MR) is 153 cm³/mol. The quantitative estimate of drug-likeness (QED) is 0.147. The van der Waals surface area contributed by atoms with Crippen LogP contribution in [-0.2, 0) is 16.1 Å². The second-order valence-electron chi connectivity index (χ2n) is 10.2. The van der Waals surface area contributed by atoms with Crippen LogP contribution in [0.5, 0.6) is 11.5 Å².